The van der Waals surface area contributed by atoms with E-state index in [4.69, 9.17) is 0 Å². The first kappa shape index (κ1) is 22.0. The van der Waals surface area contributed by atoms with Crippen molar-refractivity contribution in [2.75, 3.05) is 26.7 Å². The number of piperidine rings is 1. The van der Waals surface area contributed by atoms with Gasteiger partial charge in [0.05, 0.1) is 0 Å². The van der Waals surface area contributed by atoms with Gasteiger partial charge in [-0.1, -0.05) is 33.6 Å². The van der Waals surface area contributed by atoms with Gasteiger partial charge in [-0.25, -0.2) is 0 Å². The number of halogens is 1. The van der Waals surface area contributed by atoms with Crippen molar-refractivity contribution in [1.82, 2.24) is 15.5 Å². The molecule has 1 saturated heterocycles. The van der Waals surface area contributed by atoms with E-state index in [1.807, 2.05) is 7.05 Å². The number of likely N-dealkylation sites (tertiary alicyclic amines) is 1. The summed E-state index contributed by atoms with van der Waals surface area (Å²) in [6.07, 6.45) is 10.7. The average molecular weight is 450 g/mol. The average Bonchev–Trinajstić information content (AvgIpc) is 3.04. The Kier molecular flexibility index (Phi) is 9.94. The molecule has 1 aliphatic carbocycles. The first-order valence-corrected chi connectivity index (χ1v) is 9.69. The zero-order valence-electron chi connectivity index (χ0n) is 16.2. The highest BCUT2D eigenvalue weighted by atomic mass is 127. The van der Waals surface area contributed by atoms with Crippen LogP contribution >= 0.6 is 24.0 Å². The van der Waals surface area contributed by atoms with Crippen LogP contribution in [0.5, 0.6) is 0 Å². The van der Waals surface area contributed by atoms with Crippen LogP contribution in [0, 0.1) is 5.41 Å². The lowest BCUT2D eigenvalue weighted by Gasteiger charge is -2.36. The van der Waals surface area contributed by atoms with Crippen molar-refractivity contribution in [2.24, 2.45) is 10.4 Å². The lowest BCUT2D eigenvalue weighted by atomic mass is 9.91. The first-order valence-electron chi connectivity index (χ1n) is 9.69. The van der Waals surface area contributed by atoms with Gasteiger partial charge in [-0.15, -0.1) is 24.0 Å². The van der Waals surface area contributed by atoms with Crippen molar-refractivity contribution in [1.29, 1.82) is 0 Å². The molecule has 24 heavy (non-hydrogen) atoms. The van der Waals surface area contributed by atoms with Crippen molar-refractivity contribution in [3.63, 3.8) is 0 Å². The van der Waals surface area contributed by atoms with Gasteiger partial charge in [-0.3, -0.25) is 4.99 Å². The van der Waals surface area contributed by atoms with E-state index in [2.05, 4.69) is 41.3 Å². The van der Waals surface area contributed by atoms with Gasteiger partial charge in [0.15, 0.2) is 5.96 Å². The van der Waals surface area contributed by atoms with Gasteiger partial charge in [0.2, 0.25) is 0 Å². The summed E-state index contributed by atoms with van der Waals surface area (Å²) in [5.74, 6) is 0.984. The third-order valence-corrected chi connectivity index (χ3v) is 5.33. The van der Waals surface area contributed by atoms with E-state index in [9.17, 15) is 0 Å². The molecule has 0 amide bonds. The normalized spacial score (nSPS) is 21.6. The van der Waals surface area contributed by atoms with Crippen LogP contribution < -0.4 is 10.6 Å². The number of rotatable bonds is 5. The summed E-state index contributed by atoms with van der Waals surface area (Å²) in [7, 11) is 1.88. The van der Waals surface area contributed by atoms with Crippen molar-refractivity contribution in [3.8, 4) is 0 Å². The van der Waals surface area contributed by atoms with Crippen LogP contribution in [0.2, 0.25) is 0 Å². The van der Waals surface area contributed by atoms with E-state index in [1.54, 1.807) is 0 Å². The van der Waals surface area contributed by atoms with Gasteiger partial charge in [0, 0.05) is 38.8 Å². The maximum atomic E-state index is 4.39. The summed E-state index contributed by atoms with van der Waals surface area (Å²) in [5.41, 5.74) is 0.422. The van der Waals surface area contributed by atoms with E-state index in [-0.39, 0.29) is 24.0 Å². The van der Waals surface area contributed by atoms with E-state index in [0.29, 0.717) is 11.5 Å². The second-order valence-electron chi connectivity index (χ2n) is 8.56. The number of hydrogen-bond acceptors (Lipinski definition) is 2. The lowest BCUT2D eigenvalue weighted by molar-refractivity contribution is 0.150. The zero-order chi connectivity index (χ0) is 16.7. The minimum atomic E-state index is 0. The standard InChI is InChI=1S/C19H38N4.HI/c1-19(2,3)12-7-13-21-18(20-4)22-16-10-14-23(15-11-16)17-8-5-6-9-17;/h16-17H,5-15H2,1-4H3,(H2,20,21,22);1H. The quantitative estimate of drug-likeness (QED) is 0.288. The van der Waals surface area contributed by atoms with E-state index < -0.39 is 0 Å². The molecule has 0 unspecified atom stereocenters. The van der Waals surface area contributed by atoms with Crippen molar-refractivity contribution < 1.29 is 0 Å². The summed E-state index contributed by atoms with van der Waals surface area (Å²) >= 11 is 0. The highest BCUT2D eigenvalue weighted by Crippen LogP contribution is 2.26. The number of aliphatic imine (C=N–C) groups is 1. The molecule has 0 radical (unpaired) electrons. The Balaban J connectivity index is 0.00000288. The van der Waals surface area contributed by atoms with E-state index in [0.717, 1.165) is 18.5 Å². The van der Waals surface area contributed by atoms with Crippen LogP contribution in [0.1, 0.15) is 72.1 Å². The molecule has 2 N–H and O–H groups in total. The van der Waals surface area contributed by atoms with Crippen LogP contribution in [0.3, 0.4) is 0 Å². The monoisotopic (exact) mass is 450 g/mol. The molecule has 142 valence electrons. The molecule has 0 spiro atoms. The summed E-state index contributed by atoms with van der Waals surface area (Å²) in [4.78, 5) is 7.12. The third-order valence-electron chi connectivity index (χ3n) is 5.33. The second kappa shape index (κ2) is 10.8. The summed E-state index contributed by atoms with van der Waals surface area (Å²) in [6.45, 7) is 10.4. The highest BCUT2D eigenvalue weighted by molar-refractivity contribution is 14.0. The lowest BCUT2D eigenvalue weighted by Crippen LogP contribution is -2.50. The predicted octanol–water partition coefficient (Wildman–Crippen LogP) is 4.00. The maximum Gasteiger partial charge on any atom is 0.191 e. The first-order chi connectivity index (χ1) is 11.0. The van der Waals surface area contributed by atoms with Gasteiger partial charge in [0.1, 0.15) is 0 Å². The molecule has 2 fully saturated rings. The summed E-state index contributed by atoms with van der Waals surface area (Å²) in [5, 5.41) is 7.11. The molecule has 0 aromatic carbocycles. The van der Waals surface area contributed by atoms with Crippen molar-refractivity contribution in [2.45, 2.75) is 84.2 Å². The SMILES string of the molecule is CN=C(NCCCC(C)(C)C)NC1CCN(C2CCCC2)CC1.I. The fraction of sp³-hybridized carbons (Fsp3) is 0.947. The van der Waals surface area contributed by atoms with Crippen LogP contribution in [-0.4, -0.2) is 49.6 Å². The number of nitrogens with one attached hydrogen (secondary N) is 2. The Bertz CT molecular complexity index is 364. The Labute approximate surface area is 166 Å². The number of guanidine groups is 1. The van der Waals surface area contributed by atoms with E-state index >= 15 is 0 Å². The molecular formula is C19H39IN4. The minimum absolute atomic E-state index is 0. The number of hydrogen-bond donors (Lipinski definition) is 2. The van der Waals surface area contributed by atoms with Crippen LogP contribution in [0.4, 0.5) is 0 Å². The molecule has 1 heterocycles. The molecule has 4 nitrogen and oxygen atoms in total. The third kappa shape index (κ3) is 7.89. The van der Waals surface area contributed by atoms with Crippen LogP contribution in [0.15, 0.2) is 4.99 Å². The maximum absolute atomic E-state index is 4.39. The largest absolute Gasteiger partial charge is 0.356 e. The Morgan fingerprint density at radius 3 is 2.25 bits per heavy atom. The molecule has 0 atom stereocenters. The zero-order valence-corrected chi connectivity index (χ0v) is 18.6. The Morgan fingerprint density at radius 1 is 1.08 bits per heavy atom. The van der Waals surface area contributed by atoms with Crippen LogP contribution in [0.25, 0.3) is 0 Å². The van der Waals surface area contributed by atoms with Crippen molar-refractivity contribution in [3.05, 3.63) is 0 Å². The molecule has 0 bridgehead atoms. The molecule has 1 aliphatic heterocycles. The topological polar surface area (TPSA) is 39.7 Å². The Hall–Kier alpha value is -0.0400. The molecule has 2 aliphatic rings. The van der Waals surface area contributed by atoms with Gasteiger partial charge >= 0.3 is 0 Å². The fourth-order valence-electron chi connectivity index (χ4n) is 3.89. The summed E-state index contributed by atoms with van der Waals surface area (Å²) in [6, 6.07) is 1.47. The molecular weight excluding hydrogens is 411 g/mol. The predicted molar refractivity (Wildman–Crippen MR) is 115 cm³/mol. The van der Waals surface area contributed by atoms with Gasteiger partial charge in [-0.05, 0) is 43.9 Å². The van der Waals surface area contributed by atoms with Crippen LogP contribution in [-0.2, 0) is 0 Å². The second-order valence-corrected chi connectivity index (χ2v) is 8.56. The molecule has 0 aromatic heterocycles. The molecule has 5 heteroatoms. The van der Waals surface area contributed by atoms with Gasteiger partial charge in [0.25, 0.3) is 0 Å². The van der Waals surface area contributed by atoms with Gasteiger partial charge in [-0.2, -0.15) is 0 Å². The highest BCUT2D eigenvalue weighted by Gasteiger charge is 2.27. The number of nitrogens with zero attached hydrogens (tertiary/aromatic N) is 2. The van der Waals surface area contributed by atoms with Gasteiger partial charge < -0.3 is 15.5 Å². The van der Waals surface area contributed by atoms with Crippen molar-refractivity contribution >= 4 is 29.9 Å². The fourth-order valence-corrected chi connectivity index (χ4v) is 3.89. The minimum Gasteiger partial charge on any atom is -0.356 e. The van der Waals surface area contributed by atoms with E-state index in [1.165, 1.54) is 64.5 Å². The Morgan fingerprint density at radius 2 is 1.71 bits per heavy atom. The molecule has 0 aromatic rings. The summed E-state index contributed by atoms with van der Waals surface area (Å²) < 4.78 is 0. The molecule has 2 rings (SSSR count). The smallest absolute Gasteiger partial charge is 0.191 e. The molecule has 1 saturated carbocycles.